The Hall–Kier alpha value is -5.13. The van der Waals surface area contributed by atoms with Crippen molar-refractivity contribution in [3.05, 3.63) is 102 Å². The van der Waals surface area contributed by atoms with Gasteiger partial charge in [0.1, 0.15) is 31.3 Å². The molecular weight excluding hydrogens is 624 g/mol. The summed E-state index contributed by atoms with van der Waals surface area (Å²) in [6.07, 6.45) is -1.05. The Kier molecular flexibility index (Phi) is 13.8. The number of benzene rings is 3. The van der Waals surface area contributed by atoms with Gasteiger partial charge >= 0.3 is 12.0 Å². The lowest BCUT2D eigenvalue weighted by atomic mass is 9.96. The second-order valence-corrected chi connectivity index (χ2v) is 11.9. The Morgan fingerprint density at radius 1 is 0.729 bits per heavy atom. The van der Waals surface area contributed by atoms with Crippen LogP contribution in [0.2, 0.25) is 0 Å². The third kappa shape index (κ3) is 11.0. The number of ether oxygens (including phenoxy) is 2. The summed E-state index contributed by atoms with van der Waals surface area (Å²) in [7, 11) is 0. The molecule has 3 amide bonds. The molecule has 0 saturated heterocycles. The highest BCUT2D eigenvalue weighted by atomic mass is 19.3. The highest BCUT2D eigenvalue weighted by Crippen LogP contribution is 2.22. The van der Waals surface area contributed by atoms with Gasteiger partial charge in [0.2, 0.25) is 11.7 Å². The summed E-state index contributed by atoms with van der Waals surface area (Å²) in [5.41, 5.74) is 2.01. The number of amides is 3. The average Bonchev–Trinajstić information content (AvgIpc) is 3.08. The number of hydrogen-bond donors (Lipinski definition) is 3. The van der Waals surface area contributed by atoms with E-state index in [0.29, 0.717) is 23.2 Å². The molecule has 0 saturated carbocycles. The maximum absolute atomic E-state index is 15.4. The van der Waals surface area contributed by atoms with E-state index in [9.17, 15) is 24.0 Å². The zero-order valence-electron chi connectivity index (χ0n) is 27.3. The van der Waals surface area contributed by atoms with Crippen molar-refractivity contribution in [2.24, 2.45) is 11.8 Å². The Balaban J connectivity index is 1.79. The van der Waals surface area contributed by atoms with Crippen molar-refractivity contribution in [2.45, 2.75) is 71.4 Å². The molecule has 0 spiro atoms. The summed E-state index contributed by atoms with van der Waals surface area (Å²) < 4.78 is 41.8. The van der Waals surface area contributed by atoms with Crippen LogP contribution in [0.15, 0.2) is 84.9 Å². The van der Waals surface area contributed by atoms with Crippen molar-refractivity contribution in [3.8, 4) is 5.75 Å². The third-order valence-electron chi connectivity index (χ3n) is 7.44. The van der Waals surface area contributed by atoms with Gasteiger partial charge in [0, 0.05) is 6.42 Å². The highest BCUT2D eigenvalue weighted by Gasteiger charge is 2.51. The lowest BCUT2D eigenvalue weighted by Gasteiger charge is -2.27. The molecule has 0 radical (unpaired) electrons. The fourth-order valence-corrected chi connectivity index (χ4v) is 4.53. The predicted octanol–water partition coefficient (Wildman–Crippen LogP) is 4.79. The SMILES string of the molecule is CC(C)C(C=O)NC(=O)C(F)(F)C(=O)[C@H](Cc1ccc(OCc2ccccc2)cc1)NC(=O)[C@@H](NC(=O)OCc1ccccc1)C(C)C. The van der Waals surface area contributed by atoms with Gasteiger partial charge in [0.25, 0.3) is 5.91 Å². The summed E-state index contributed by atoms with van der Waals surface area (Å²) in [6, 6.07) is 20.1. The average molecular weight is 666 g/mol. The van der Waals surface area contributed by atoms with E-state index in [1.54, 1.807) is 82.3 Å². The number of rotatable bonds is 17. The van der Waals surface area contributed by atoms with E-state index in [2.05, 4.69) is 10.6 Å². The van der Waals surface area contributed by atoms with Crippen molar-refractivity contribution in [3.63, 3.8) is 0 Å². The van der Waals surface area contributed by atoms with Crippen molar-refractivity contribution < 1.29 is 42.2 Å². The molecule has 256 valence electrons. The highest BCUT2D eigenvalue weighted by molar-refractivity contribution is 6.11. The molecule has 12 heteroatoms. The van der Waals surface area contributed by atoms with E-state index < -0.39 is 66.0 Å². The first kappa shape index (κ1) is 37.3. The van der Waals surface area contributed by atoms with E-state index >= 15 is 8.78 Å². The Morgan fingerprint density at radius 3 is 1.81 bits per heavy atom. The summed E-state index contributed by atoms with van der Waals surface area (Å²) in [4.78, 5) is 63.3. The second-order valence-electron chi connectivity index (χ2n) is 11.9. The number of Topliss-reactive ketones (excluding diaryl/α,β-unsaturated/α-hetero) is 1. The van der Waals surface area contributed by atoms with Crippen LogP contribution in [0.1, 0.15) is 44.4 Å². The van der Waals surface area contributed by atoms with Crippen LogP contribution in [-0.4, -0.2) is 54.0 Å². The van der Waals surface area contributed by atoms with Gasteiger partial charge in [-0.1, -0.05) is 100 Å². The first-order valence-corrected chi connectivity index (χ1v) is 15.5. The van der Waals surface area contributed by atoms with Gasteiger partial charge in [-0.25, -0.2) is 4.79 Å². The topological polar surface area (TPSA) is 140 Å². The number of carbonyl (C=O) groups excluding carboxylic acids is 5. The molecule has 0 bridgehead atoms. The van der Waals surface area contributed by atoms with E-state index in [1.807, 2.05) is 35.6 Å². The predicted molar refractivity (Wildman–Crippen MR) is 174 cm³/mol. The van der Waals surface area contributed by atoms with Crippen LogP contribution in [0.3, 0.4) is 0 Å². The fraction of sp³-hybridized carbons (Fsp3) is 0.361. The number of hydrogen-bond acceptors (Lipinski definition) is 7. The summed E-state index contributed by atoms with van der Waals surface area (Å²) in [6.45, 7) is 6.51. The molecular formula is C36H41F2N3O7. The molecule has 0 heterocycles. The lowest BCUT2D eigenvalue weighted by Crippen LogP contribution is -2.60. The number of aldehydes is 1. The fourth-order valence-electron chi connectivity index (χ4n) is 4.53. The van der Waals surface area contributed by atoms with Gasteiger partial charge in [-0.3, -0.25) is 14.4 Å². The van der Waals surface area contributed by atoms with Crippen LogP contribution < -0.4 is 20.7 Å². The van der Waals surface area contributed by atoms with E-state index in [4.69, 9.17) is 9.47 Å². The third-order valence-corrected chi connectivity index (χ3v) is 7.44. The van der Waals surface area contributed by atoms with Crippen LogP contribution in [0.4, 0.5) is 13.6 Å². The molecule has 48 heavy (non-hydrogen) atoms. The number of halogens is 2. The number of alkyl carbamates (subject to hydrolysis) is 1. The summed E-state index contributed by atoms with van der Waals surface area (Å²) in [5.74, 6) is -9.99. The molecule has 0 aromatic heterocycles. The zero-order chi connectivity index (χ0) is 35.3. The molecule has 3 N–H and O–H groups in total. The van der Waals surface area contributed by atoms with Crippen LogP contribution in [0.25, 0.3) is 0 Å². The molecule has 3 atom stereocenters. The number of nitrogens with one attached hydrogen (secondary N) is 3. The lowest BCUT2D eigenvalue weighted by molar-refractivity contribution is -0.161. The second kappa shape index (κ2) is 17.7. The van der Waals surface area contributed by atoms with Crippen LogP contribution >= 0.6 is 0 Å². The van der Waals surface area contributed by atoms with Gasteiger partial charge < -0.3 is 30.2 Å². The first-order valence-electron chi connectivity index (χ1n) is 15.5. The summed E-state index contributed by atoms with van der Waals surface area (Å²) in [5, 5.41) is 6.66. The van der Waals surface area contributed by atoms with E-state index in [0.717, 1.165) is 5.56 Å². The molecule has 3 rings (SSSR count). The Bertz CT molecular complexity index is 1520. The van der Waals surface area contributed by atoms with Gasteiger partial charge in [0.05, 0.1) is 12.1 Å². The zero-order valence-corrected chi connectivity index (χ0v) is 27.3. The normalized spacial score (nSPS) is 13.2. The number of carbonyl (C=O) groups is 5. The molecule has 0 aliphatic carbocycles. The molecule has 0 fully saturated rings. The largest absolute Gasteiger partial charge is 0.489 e. The summed E-state index contributed by atoms with van der Waals surface area (Å²) >= 11 is 0. The molecule has 0 aliphatic heterocycles. The molecule has 3 aromatic carbocycles. The Morgan fingerprint density at radius 2 is 1.29 bits per heavy atom. The van der Waals surface area contributed by atoms with E-state index in [1.165, 1.54) is 0 Å². The van der Waals surface area contributed by atoms with Crippen molar-refractivity contribution in [2.75, 3.05) is 0 Å². The van der Waals surface area contributed by atoms with Crippen LogP contribution in [0, 0.1) is 11.8 Å². The minimum Gasteiger partial charge on any atom is -0.489 e. The van der Waals surface area contributed by atoms with Crippen LogP contribution in [0.5, 0.6) is 5.75 Å². The Labute approximate surface area is 278 Å². The smallest absolute Gasteiger partial charge is 0.408 e. The first-order chi connectivity index (χ1) is 22.8. The van der Waals surface area contributed by atoms with Crippen LogP contribution in [-0.2, 0) is 43.5 Å². The van der Waals surface area contributed by atoms with Gasteiger partial charge in [-0.05, 0) is 40.7 Å². The molecule has 1 unspecified atom stereocenters. The standard InChI is InChI=1S/C36H41F2N3O7/c1-23(2)30(20-42)40-34(45)36(37,38)32(43)29(19-25-15-17-28(18-16-25)47-21-26-11-7-5-8-12-26)39-33(44)31(24(3)4)41-35(46)48-22-27-13-9-6-10-14-27/h5-18,20,23-24,29-31H,19,21-22H2,1-4H3,(H,39,44)(H,40,45)(H,41,46)/t29-,30?,31-/m0/s1. The van der Waals surface area contributed by atoms with Gasteiger partial charge in [-0.2, -0.15) is 8.78 Å². The molecule has 3 aromatic rings. The van der Waals surface area contributed by atoms with Gasteiger partial charge in [-0.15, -0.1) is 0 Å². The number of alkyl halides is 2. The maximum Gasteiger partial charge on any atom is 0.408 e. The van der Waals surface area contributed by atoms with Crippen molar-refractivity contribution in [1.29, 1.82) is 0 Å². The van der Waals surface area contributed by atoms with E-state index in [-0.39, 0.29) is 13.2 Å². The minimum absolute atomic E-state index is 0.0786. The quantitative estimate of drug-likeness (QED) is 0.139. The number of ketones is 1. The van der Waals surface area contributed by atoms with Crippen molar-refractivity contribution in [1.82, 2.24) is 16.0 Å². The maximum atomic E-state index is 15.4. The molecule has 0 aliphatic rings. The minimum atomic E-state index is -4.61. The van der Waals surface area contributed by atoms with Gasteiger partial charge in [0.15, 0.2) is 0 Å². The van der Waals surface area contributed by atoms with Crippen molar-refractivity contribution >= 4 is 30.0 Å². The monoisotopic (exact) mass is 665 g/mol. The molecule has 10 nitrogen and oxygen atoms in total.